The first-order valence-electron chi connectivity index (χ1n) is 4.33. The number of carboxylic acid groups (broad SMARTS) is 1. The van der Waals surface area contributed by atoms with Crippen LogP contribution in [0.25, 0.3) is 11.4 Å². The van der Waals surface area contributed by atoms with Crippen LogP contribution in [-0.4, -0.2) is 21.2 Å². The number of rotatable bonds is 3. The molecule has 2 aromatic rings. The van der Waals surface area contributed by atoms with Crippen molar-refractivity contribution in [2.75, 3.05) is 0 Å². The minimum Gasteiger partial charge on any atom is -0.481 e. The lowest BCUT2D eigenvalue weighted by molar-refractivity contribution is -0.136. The second kappa shape index (κ2) is 3.91. The summed E-state index contributed by atoms with van der Waals surface area (Å²) in [5.41, 5.74) is 1.55. The first-order valence-corrected chi connectivity index (χ1v) is 4.33. The summed E-state index contributed by atoms with van der Waals surface area (Å²) in [7, 11) is 0. The second-order valence-electron chi connectivity index (χ2n) is 3.02. The van der Waals surface area contributed by atoms with Crippen molar-refractivity contribution in [3.63, 3.8) is 0 Å². The quantitative estimate of drug-likeness (QED) is 0.816. The van der Waals surface area contributed by atoms with Crippen molar-refractivity contribution >= 4 is 5.97 Å². The van der Waals surface area contributed by atoms with Crippen LogP contribution in [0.4, 0.5) is 0 Å². The summed E-state index contributed by atoms with van der Waals surface area (Å²) in [4.78, 5) is 14.3. The summed E-state index contributed by atoms with van der Waals surface area (Å²) in [5, 5.41) is 12.3. The molecule has 2 rings (SSSR count). The van der Waals surface area contributed by atoms with E-state index in [1.807, 2.05) is 0 Å². The van der Waals surface area contributed by atoms with Crippen LogP contribution in [0, 0.1) is 0 Å². The van der Waals surface area contributed by atoms with Crippen LogP contribution in [0.2, 0.25) is 0 Å². The third-order valence-corrected chi connectivity index (χ3v) is 1.93. The van der Waals surface area contributed by atoms with Crippen molar-refractivity contribution in [3.05, 3.63) is 36.2 Å². The molecular weight excluding hydrogens is 196 g/mol. The van der Waals surface area contributed by atoms with E-state index in [9.17, 15) is 4.79 Å². The van der Waals surface area contributed by atoms with Crippen LogP contribution in [0.3, 0.4) is 0 Å². The largest absolute Gasteiger partial charge is 0.481 e. The van der Waals surface area contributed by atoms with Gasteiger partial charge in [-0.25, -0.2) is 0 Å². The highest BCUT2D eigenvalue weighted by Crippen LogP contribution is 2.15. The Morgan fingerprint density at radius 2 is 2.07 bits per heavy atom. The Morgan fingerprint density at radius 3 is 2.60 bits per heavy atom. The van der Waals surface area contributed by atoms with Crippen LogP contribution < -0.4 is 0 Å². The molecule has 1 N–H and O–H groups in total. The van der Waals surface area contributed by atoms with Crippen LogP contribution in [0.15, 0.2) is 35.2 Å². The molecule has 0 aliphatic heterocycles. The van der Waals surface area contributed by atoms with Gasteiger partial charge in [-0.05, 0) is 5.56 Å². The summed E-state index contributed by atoms with van der Waals surface area (Å²) in [5.74, 6) is -0.348. The molecule has 76 valence electrons. The zero-order valence-electron chi connectivity index (χ0n) is 7.75. The van der Waals surface area contributed by atoms with E-state index in [2.05, 4.69) is 14.7 Å². The molecule has 5 nitrogen and oxygen atoms in total. The molecule has 0 saturated carbocycles. The monoisotopic (exact) mass is 204 g/mol. The normalized spacial score (nSPS) is 10.1. The zero-order chi connectivity index (χ0) is 10.7. The maximum absolute atomic E-state index is 10.4. The summed E-state index contributed by atoms with van der Waals surface area (Å²) >= 11 is 0. The Balaban J connectivity index is 2.21. The van der Waals surface area contributed by atoms with Crippen LogP contribution in [-0.2, 0) is 11.2 Å². The van der Waals surface area contributed by atoms with Crippen LogP contribution in [0.1, 0.15) is 5.56 Å². The molecule has 0 spiro atoms. The number of carbonyl (C=O) groups is 1. The fourth-order valence-corrected chi connectivity index (χ4v) is 1.24. The molecule has 0 saturated heterocycles. The topological polar surface area (TPSA) is 76.2 Å². The third kappa shape index (κ3) is 2.19. The number of hydrogen-bond donors (Lipinski definition) is 1. The molecule has 0 amide bonds. The molecule has 1 aromatic heterocycles. The average Bonchev–Trinajstić information content (AvgIpc) is 2.71. The minimum absolute atomic E-state index is 0.0204. The van der Waals surface area contributed by atoms with Gasteiger partial charge in [0.1, 0.15) is 0 Å². The fourth-order valence-electron chi connectivity index (χ4n) is 1.24. The highest BCUT2D eigenvalue weighted by atomic mass is 16.5. The Hall–Kier alpha value is -2.17. The standard InChI is InChI=1S/C10H8N2O3/c13-9(14)5-7-1-3-8(4-2-7)10-11-6-15-12-10/h1-4,6H,5H2,(H,13,14). The molecule has 0 fully saturated rings. The van der Waals surface area contributed by atoms with Crippen molar-refractivity contribution in [1.82, 2.24) is 10.1 Å². The summed E-state index contributed by atoms with van der Waals surface area (Å²) in [6, 6.07) is 7.01. The molecule has 0 unspecified atom stereocenters. The van der Waals surface area contributed by atoms with Gasteiger partial charge in [-0.15, -0.1) is 0 Å². The van der Waals surface area contributed by atoms with E-state index < -0.39 is 5.97 Å². The maximum atomic E-state index is 10.4. The highest BCUT2D eigenvalue weighted by molar-refractivity contribution is 5.70. The van der Waals surface area contributed by atoms with E-state index in [0.717, 1.165) is 11.1 Å². The second-order valence-corrected chi connectivity index (χ2v) is 3.02. The molecule has 0 radical (unpaired) electrons. The molecule has 0 bridgehead atoms. The first kappa shape index (κ1) is 9.39. The zero-order valence-corrected chi connectivity index (χ0v) is 7.75. The number of aliphatic carboxylic acids is 1. The number of nitrogens with zero attached hydrogens (tertiary/aromatic N) is 2. The van der Waals surface area contributed by atoms with Crippen molar-refractivity contribution in [2.45, 2.75) is 6.42 Å². The predicted molar refractivity (Wildman–Crippen MR) is 51.1 cm³/mol. The number of hydrogen-bond acceptors (Lipinski definition) is 4. The molecule has 5 heteroatoms. The Labute approximate surface area is 85.4 Å². The van der Waals surface area contributed by atoms with Crippen molar-refractivity contribution in [3.8, 4) is 11.4 Å². The SMILES string of the molecule is O=C(O)Cc1ccc(-c2ncon2)cc1. The van der Waals surface area contributed by atoms with E-state index >= 15 is 0 Å². The van der Waals surface area contributed by atoms with Crippen LogP contribution in [0.5, 0.6) is 0 Å². The van der Waals surface area contributed by atoms with Gasteiger partial charge in [-0.3, -0.25) is 4.79 Å². The van der Waals surface area contributed by atoms with E-state index in [1.54, 1.807) is 24.3 Å². The lowest BCUT2D eigenvalue weighted by Gasteiger charge is -1.97. The summed E-state index contributed by atoms with van der Waals surface area (Å²) in [6.07, 6.45) is 1.27. The van der Waals surface area contributed by atoms with Crippen molar-refractivity contribution < 1.29 is 14.4 Å². The van der Waals surface area contributed by atoms with Crippen molar-refractivity contribution in [1.29, 1.82) is 0 Å². The number of benzene rings is 1. The van der Waals surface area contributed by atoms with Gasteiger partial charge in [-0.1, -0.05) is 29.4 Å². The fraction of sp³-hybridized carbons (Fsp3) is 0.100. The van der Waals surface area contributed by atoms with Gasteiger partial charge in [0.15, 0.2) is 0 Å². The highest BCUT2D eigenvalue weighted by Gasteiger charge is 2.04. The third-order valence-electron chi connectivity index (χ3n) is 1.93. The molecule has 1 aromatic carbocycles. The van der Waals surface area contributed by atoms with Gasteiger partial charge in [0, 0.05) is 5.56 Å². The number of aromatic nitrogens is 2. The number of carboxylic acids is 1. The Morgan fingerprint density at radius 1 is 1.33 bits per heavy atom. The average molecular weight is 204 g/mol. The predicted octanol–water partition coefficient (Wildman–Crippen LogP) is 1.36. The lowest BCUT2D eigenvalue weighted by atomic mass is 10.1. The Bertz CT molecular complexity index is 448. The smallest absolute Gasteiger partial charge is 0.307 e. The lowest BCUT2D eigenvalue weighted by Crippen LogP contribution is -1.99. The van der Waals surface area contributed by atoms with E-state index in [0.29, 0.717) is 5.82 Å². The first-order chi connectivity index (χ1) is 7.25. The molecule has 0 aliphatic carbocycles. The van der Waals surface area contributed by atoms with E-state index in [-0.39, 0.29) is 6.42 Å². The van der Waals surface area contributed by atoms with Gasteiger partial charge in [-0.2, -0.15) is 4.98 Å². The van der Waals surface area contributed by atoms with Crippen molar-refractivity contribution in [2.24, 2.45) is 0 Å². The summed E-state index contributed by atoms with van der Waals surface area (Å²) in [6.45, 7) is 0. The van der Waals surface area contributed by atoms with Gasteiger partial charge in [0.05, 0.1) is 6.42 Å². The molecule has 1 heterocycles. The van der Waals surface area contributed by atoms with Gasteiger partial charge in [0.2, 0.25) is 12.2 Å². The van der Waals surface area contributed by atoms with E-state index in [4.69, 9.17) is 5.11 Å². The van der Waals surface area contributed by atoms with Gasteiger partial charge in [0.25, 0.3) is 0 Å². The molecular formula is C10H8N2O3. The molecule has 0 aliphatic rings. The van der Waals surface area contributed by atoms with Crippen LogP contribution >= 0.6 is 0 Å². The molecule has 15 heavy (non-hydrogen) atoms. The Kier molecular flexibility index (Phi) is 2.45. The van der Waals surface area contributed by atoms with Gasteiger partial charge >= 0.3 is 5.97 Å². The maximum Gasteiger partial charge on any atom is 0.307 e. The minimum atomic E-state index is -0.845. The van der Waals surface area contributed by atoms with E-state index in [1.165, 1.54) is 6.39 Å². The molecule has 0 atom stereocenters. The van der Waals surface area contributed by atoms with Gasteiger partial charge < -0.3 is 9.63 Å². The summed E-state index contributed by atoms with van der Waals surface area (Å²) < 4.78 is 4.61.